The van der Waals surface area contributed by atoms with Crippen molar-refractivity contribution in [1.29, 1.82) is 0 Å². The molecule has 0 aromatic carbocycles. The van der Waals surface area contributed by atoms with Gasteiger partial charge in [-0.15, -0.1) is 6.42 Å². The third-order valence-electron chi connectivity index (χ3n) is 0.586. The van der Waals surface area contributed by atoms with Crippen molar-refractivity contribution in [3.8, 4) is 0 Å². The van der Waals surface area contributed by atoms with E-state index in [0.29, 0.717) is 13.3 Å². The summed E-state index contributed by atoms with van der Waals surface area (Å²) in [5.74, 6) is 0. The number of hydrogen-bond acceptors (Lipinski definition) is 0. The van der Waals surface area contributed by atoms with Crippen LogP contribution in [-0.4, -0.2) is 0 Å². The Morgan fingerprint density at radius 3 is 2.11 bits per heavy atom. The fourth-order valence-corrected chi connectivity index (χ4v) is 0.340. The molecular weight excluding hydrogens is 489 g/mol. The summed E-state index contributed by atoms with van der Waals surface area (Å²) in [5.41, 5.74) is 0. The largest absolute Gasteiger partial charge is 0.273 e. The van der Waals surface area contributed by atoms with Crippen LogP contribution in [0.4, 0.5) is 0 Å². The second-order valence-electron chi connectivity index (χ2n) is 1.06. The molecule has 0 unspecified atom stereocenters. The standard InChI is InChI=1S/C5H5.I3.Ti/c1-2-4-5-3-1;1-3-2;/h1-3H,4H2;;/q2*-1;. The van der Waals surface area contributed by atoms with E-state index in [1.54, 1.807) is 0 Å². The molecule has 1 aliphatic carbocycles. The SMILES string of the molecule is I[I-]I.[C-]1=CC=CC1.[Ti]. The van der Waals surface area contributed by atoms with Crippen molar-refractivity contribution in [2.75, 3.05) is 0 Å². The Hall–Kier alpha value is 2.38. The zero-order valence-corrected chi connectivity index (χ0v) is 12.6. The van der Waals surface area contributed by atoms with Crippen molar-refractivity contribution >= 4 is 37.2 Å². The molecule has 9 heavy (non-hydrogen) atoms. The fraction of sp³-hybridized carbons (Fsp3) is 0.200. The van der Waals surface area contributed by atoms with Crippen LogP contribution in [0.25, 0.3) is 0 Å². The summed E-state index contributed by atoms with van der Waals surface area (Å²) in [4.78, 5) is 0. The van der Waals surface area contributed by atoms with E-state index in [9.17, 15) is 0 Å². The Morgan fingerprint density at radius 1 is 1.44 bits per heavy atom. The summed E-state index contributed by atoms with van der Waals surface area (Å²) in [6.45, 7) is 0. The predicted molar refractivity (Wildman–Crippen MR) is 49.6 cm³/mol. The summed E-state index contributed by atoms with van der Waals surface area (Å²) in [6.07, 6.45) is 10.0. The van der Waals surface area contributed by atoms with E-state index < -0.39 is 0 Å². The maximum Gasteiger partial charge on any atom is 0 e. The fourth-order valence-electron chi connectivity index (χ4n) is 0.340. The van der Waals surface area contributed by atoms with Crippen LogP contribution < -0.4 is 13.3 Å². The molecule has 0 amide bonds. The Morgan fingerprint density at radius 2 is 2.00 bits per heavy atom. The van der Waals surface area contributed by atoms with E-state index in [1.807, 2.05) is 12.2 Å². The van der Waals surface area contributed by atoms with E-state index in [1.165, 1.54) is 0 Å². The molecule has 4 heteroatoms. The molecule has 0 heterocycles. The van der Waals surface area contributed by atoms with Gasteiger partial charge in [-0.1, -0.05) is 0 Å². The Labute approximate surface area is 101 Å². The first-order chi connectivity index (χ1) is 3.91. The van der Waals surface area contributed by atoms with Gasteiger partial charge in [0.05, 0.1) is 0 Å². The van der Waals surface area contributed by atoms with E-state index in [4.69, 9.17) is 0 Å². The first kappa shape index (κ1) is 13.9. The molecule has 0 aromatic heterocycles. The first-order valence-corrected chi connectivity index (χ1v) is 14.6. The Kier molecular flexibility index (Phi) is 20.1. The number of rotatable bonds is 0. The second-order valence-corrected chi connectivity index (χ2v) is 17.3. The normalized spacial score (nSPS) is 12.2. The van der Waals surface area contributed by atoms with Crippen LogP contribution >= 0.6 is 37.2 Å². The van der Waals surface area contributed by atoms with Crippen LogP contribution in [0.2, 0.25) is 0 Å². The van der Waals surface area contributed by atoms with E-state index in [2.05, 4.69) is 49.4 Å². The molecule has 0 aliphatic heterocycles. The maximum absolute atomic E-state index is 2.99. The van der Waals surface area contributed by atoms with Crippen molar-refractivity contribution in [2.45, 2.75) is 6.42 Å². The van der Waals surface area contributed by atoms with Crippen LogP contribution in [0.15, 0.2) is 18.2 Å². The molecule has 0 radical (unpaired) electrons. The molecule has 52 valence electrons. The minimum absolute atomic E-state index is 0. The monoisotopic (exact) mass is 494 g/mol. The molecular formula is C5H5I3Ti-2. The van der Waals surface area contributed by atoms with Gasteiger partial charge in [0.1, 0.15) is 0 Å². The van der Waals surface area contributed by atoms with Crippen LogP contribution in [0, 0.1) is 6.08 Å². The molecule has 0 bridgehead atoms. The van der Waals surface area contributed by atoms with Crippen molar-refractivity contribution in [3.63, 3.8) is 0 Å². The molecule has 1 aliphatic rings. The topological polar surface area (TPSA) is 0 Å². The van der Waals surface area contributed by atoms with Gasteiger partial charge < -0.3 is 0 Å². The van der Waals surface area contributed by atoms with Gasteiger partial charge in [-0.2, -0.15) is 6.08 Å². The Bertz CT molecular complexity index is 80.2. The van der Waals surface area contributed by atoms with E-state index >= 15 is 0 Å². The Balaban J connectivity index is 0. The molecule has 0 atom stereocenters. The number of hydrogen-bond donors (Lipinski definition) is 0. The van der Waals surface area contributed by atoms with Gasteiger partial charge in [0, 0.05) is 21.7 Å². The molecule has 1 rings (SSSR count). The maximum atomic E-state index is 2.99. The molecule has 0 spiro atoms. The van der Waals surface area contributed by atoms with E-state index in [-0.39, 0.29) is 21.7 Å². The van der Waals surface area contributed by atoms with Gasteiger partial charge in [-0.3, -0.25) is 6.08 Å². The second kappa shape index (κ2) is 13.0. The summed E-state index contributed by atoms with van der Waals surface area (Å²) in [6, 6.07) is 0. The van der Waals surface area contributed by atoms with Gasteiger partial charge in [0.2, 0.25) is 0 Å². The van der Waals surface area contributed by atoms with Gasteiger partial charge in [-0.05, 0) is 0 Å². The minimum Gasteiger partial charge on any atom is -0.273 e. The predicted octanol–water partition coefficient (Wildman–Crippen LogP) is 0.0786. The minimum atomic E-state index is 0. The molecule has 0 aromatic rings. The zero-order valence-electron chi connectivity index (χ0n) is 4.57. The number of allylic oxidation sites excluding steroid dienone is 4. The molecule has 0 nitrogen and oxygen atoms in total. The van der Waals surface area contributed by atoms with Crippen LogP contribution in [-0.2, 0) is 21.7 Å². The quantitative estimate of drug-likeness (QED) is 0.255. The third kappa shape index (κ3) is 13.4. The molecule has 0 saturated carbocycles. The van der Waals surface area contributed by atoms with Crippen LogP contribution in [0.1, 0.15) is 6.42 Å². The zero-order chi connectivity index (χ0) is 6.24. The summed E-state index contributed by atoms with van der Waals surface area (Å²) >= 11 is 5.30. The van der Waals surface area contributed by atoms with Gasteiger partial charge in [0.15, 0.2) is 0 Å². The van der Waals surface area contributed by atoms with Gasteiger partial charge in [-0.25, -0.2) is 12.2 Å². The first-order valence-electron chi connectivity index (χ1n) is 2.00. The number of halogens is 3. The van der Waals surface area contributed by atoms with Crippen molar-refractivity contribution in [3.05, 3.63) is 24.3 Å². The molecule has 0 fully saturated rings. The smallest absolute Gasteiger partial charge is 0 e. The summed E-state index contributed by atoms with van der Waals surface area (Å²) in [5, 5.41) is 0. The molecule has 0 N–H and O–H groups in total. The summed E-state index contributed by atoms with van der Waals surface area (Å²) in [7, 11) is 0. The summed E-state index contributed by atoms with van der Waals surface area (Å²) < 4.78 is 0. The molecule has 0 saturated heterocycles. The van der Waals surface area contributed by atoms with Crippen LogP contribution in [0.5, 0.6) is 0 Å². The van der Waals surface area contributed by atoms with Crippen molar-refractivity contribution in [2.24, 2.45) is 0 Å². The van der Waals surface area contributed by atoms with Crippen molar-refractivity contribution in [1.82, 2.24) is 0 Å². The average molecular weight is 494 g/mol. The van der Waals surface area contributed by atoms with E-state index in [0.717, 1.165) is 6.42 Å². The van der Waals surface area contributed by atoms with Crippen molar-refractivity contribution < 1.29 is 35.0 Å². The van der Waals surface area contributed by atoms with Gasteiger partial charge in [0.25, 0.3) is 0 Å². The average Bonchev–Trinajstić information content (AvgIpc) is 2.17. The van der Waals surface area contributed by atoms with Crippen LogP contribution in [0.3, 0.4) is 0 Å². The van der Waals surface area contributed by atoms with Gasteiger partial charge >= 0.3 is 50.5 Å². The third-order valence-corrected chi connectivity index (χ3v) is 0.586.